The average molecular weight is 514 g/mol. The van der Waals surface area contributed by atoms with E-state index in [1.807, 2.05) is 44.2 Å². The van der Waals surface area contributed by atoms with E-state index in [0.717, 1.165) is 10.0 Å². The fourth-order valence-electron chi connectivity index (χ4n) is 4.21. The van der Waals surface area contributed by atoms with Gasteiger partial charge in [0, 0.05) is 33.5 Å². The zero-order chi connectivity index (χ0) is 23.0. The standard InChI is InChI=1S/C25H22BrClN2O3/c1-25(2)10-19(30)23-21(11-25)32-24(29)18(12-28)22(23)17-9-15(26)5-8-20(17)31-13-14-3-6-16(27)7-4-14/h3-9,22H,10-11,13,29H2,1-2H3. The SMILES string of the molecule is CC1(C)CC(=O)C2=C(C1)OC(N)=C(C#N)C2c1cc(Br)ccc1OCc1ccc(Cl)cc1. The van der Waals surface area contributed by atoms with Crippen LogP contribution >= 0.6 is 27.5 Å². The van der Waals surface area contributed by atoms with Crippen molar-refractivity contribution in [3.05, 3.63) is 85.9 Å². The Morgan fingerprint density at radius 3 is 2.66 bits per heavy atom. The van der Waals surface area contributed by atoms with Crippen molar-refractivity contribution in [2.45, 2.75) is 39.2 Å². The van der Waals surface area contributed by atoms with E-state index in [0.29, 0.717) is 47.1 Å². The van der Waals surface area contributed by atoms with E-state index in [2.05, 4.69) is 22.0 Å². The number of Topliss-reactive ketones (excluding diaryl/α,β-unsaturated/α-hetero) is 1. The number of hydrogen-bond acceptors (Lipinski definition) is 5. The molecule has 2 aromatic carbocycles. The molecule has 0 radical (unpaired) electrons. The van der Waals surface area contributed by atoms with Crippen LogP contribution in [-0.4, -0.2) is 5.78 Å². The molecule has 1 unspecified atom stereocenters. The number of nitrogens with zero attached hydrogens (tertiary/aromatic N) is 1. The topological polar surface area (TPSA) is 85.3 Å². The third kappa shape index (κ3) is 4.41. The fourth-order valence-corrected chi connectivity index (χ4v) is 4.72. The van der Waals surface area contributed by atoms with Crippen molar-refractivity contribution >= 4 is 33.3 Å². The number of carbonyl (C=O) groups excluding carboxylic acids is 1. The molecule has 0 amide bonds. The lowest BCUT2D eigenvalue weighted by Crippen LogP contribution is -2.33. The summed E-state index contributed by atoms with van der Waals surface area (Å²) in [4.78, 5) is 13.2. The molecular weight excluding hydrogens is 492 g/mol. The molecule has 1 aliphatic heterocycles. The van der Waals surface area contributed by atoms with E-state index in [9.17, 15) is 10.1 Å². The zero-order valence-corrected chi connectivity index (χ0v) is 20.1. The summed E-state index contributed by atoms with van der Waals surface area (Å²) < 4.78 is 12.7. The zero-order valence-electron chi connectivity index (χ0n) is 17.7. The Bertz CT molecular complexity index is 1190. The van der Waals surface area contributed by atoms with Crippen molar-refractivity contribution < 1.29 is 14.3 Å². The monoisotopic (exact) mass is 512 g/mol. The van der Waals surface area contributed by atoms with Gasteiger partial charge in [-0.05, 0) is 41.3 Å². The molecule has 0 bridgehead atoms. The van der Waals surface area contributed by atoms with Gasteiger partial charge < -0.3 is 15.2 Å². The highest BCUT2D eigenvalue weighted by molar-refractivity contribution is 9.10. The second kappa shape index (κ2) is 8.65. The Morgan fingerprint density at radius 2 is 1.97 bits per heavy atom. The number of nitriles is 1. The smallest absolute Gasteiger partial charge is 0.205 e. The minimum absolute atomic E-state index is 0.0328. The summed E-state index contributed by atoms with van der Waals surface area (Å²) >= 11 is 9.49. The number of halogens is 2. The molecule has 1 atom stereocenters. The van der Waals surface area contributed by atoms with Gasteiger partial charge in [-0.15, -0.1) is 0 Å². The van der Waals surface area contributed by atoms with E-state index in [-0.39, 0.29) is 22.7 Å². The van der Waals surface area contributed by atoms with Crippen molar-refractivity contribution in [3.8, 4) is 11.8 Å². The molecule has 0 saturated heterocycles. The van der Waals surface area contributed by atoms with Gasteiger partial charge in [0.15, 0.2) is 5.78 Å². The summed E-state index contributed by atoms with van der Waals surface area (Å²) in [6.07, 6.45) is 0.943. The van der Waals surface area contributed by atoms with Crippen LogP contribution in [0.15, 0.2) is 69.7 Å². The van der Waals surface area contributed by atoms with Crippen LogP contribution in [0.25, 0.3) is 0 Å². The van der Waals surface area contributed by atoms with Gasteiger partial charge in [-0.25, -0.2) is 0 Å². The second-order valence-corrected chi connectivity index (χ2v) is 10.2. The third-order valence-electron chi connectivity index (χ3n) is 5.67. The molecule has 4 rings (SSSR count). The Hall–Kier alpha value is -2.75. The molecule has 2 N–H and O–H groups in total. The Morgan fingerprint density at radius 1 is 1.25 bits per heavy atom. The Balaban J connectivity index is 1.79. The number of rotatable bonds is 4. The van der Waals surface area contributed by atoms with Crippen molar-refractivity contribution in [1.82, 2.24) is 0 Å². The highest BCUT2D eigenvalue weighted by atomic mass is 79.9. The molecule has 1 aliphatic carbocycles. The number of nitrogens with two attached hydrogens (primary N) is 1. The summed E-state index contributed by atoms with van der Waals surface area (Å²) in [5, 5.41) is 10.6. The van der Waals surface area contributed by atoms with Gasteiger partial charge in [-0.1, -0.05) is 53.5 Å². The summed E-state index contributed by atoms with van der Waals surface area (Å²) in [6, 6.07) is 15.1. The molecule has 164 valence electrons. The van der Waals surface area contributed by atoms with Crippen LogP contribution in [-0.2, 0) is 16.1 Å². The number of allylic oxidation sites excluding steroid dienone is 3. The van der Waals surface area contributed by atoms with Gasteiger partial charge in [0.25, 0.3) is 0 Å². The minimum Gasteiger partial charge on any atom is -0.489 e. The summed E-state index contributed by atoms with van der Waals surface area (Å²) in [5.41, 5.74) is 8.25. The first-order valence-electron chi connectivity index (χ1n) is 10.2. The van der Waals surface area contributed by atoms with Crippen LogP contribution in [0.2, 0.25) is 5.02 Å². The van der Waals surface area contributed by atoms with Crippen LogP contribution in [0.1, 0.15) is 43.7 Å². The summed E-state index contributed by atoms with van der Waals surface area (Å²) in [7, 11) is 0. The molecule has 0 spiro atoms. The number of carbonyl (C=O) groups is 1. The van der Waals surface area contributed by atoms with E-state index in [4.69, 9.17) is 26.8 Å². The first-order valence-corrected chi connectivity index (χ1v) is 11.4. The van der Waals surface area contributed by atoms with Crippen LogP contribution in [0.4, 0.5) is 0 Å². The van der Waals surface area contributed by atoms with E-state index in [1.54, 1.807) is 12.1 Å². The molecule has 1 heterocycles. The first-order chi connectivity index (χ1) is 15.2. The molecular formula is C25H22BrClN2O3. The fraction of sp³-hybridized carbons (Fsp3) is 0.280. The largest absolute Gasteiger partial charge is 0.489 e. The maximum absolute atomic E-state index is 13.2. The number of hydrogen-bond donors (Lipinski definition) is 1. The molecule has 2 aliphatic rings. The summed E-state index contributed by atoms with van der Waals surface area (Å²) in [6.45, 7) is 4.35. The maximum Gasteiger partial charge on any atom is 0.205 e. The van der Waals surface area contributed by atoms with Crippen LogP contribution in [0.3, 0.4) is 0 Å². The molecule has 0 fully saturated rings. The van der Waals surface area contributed by atoms with Gasteiger partial charge >= 0.3 is 0 Å². The van der Waals surface area contributed by atoms with Crippen LogP contribution in [0, 0.1) is 16.7 Å². The van der Waals surface area contributed by atoms with Gasteiger partial charge in [0.1, 0.15) is 29.8 Å². The van der Waals surface area contributed by atoms with Crippen molar-refractivity contribution in [2.24, 2.45) is 11.1 Å². The Labute approximate surface area is 200 Å². The Kier molecular flexibility index (Phi) is 6.07. The van der Waals surface area contributed by atoms with Gasteiger partial charge in [-0.3, -0.25) is 4.79 Å². The average Bonchev–Trinajstić information content (AvgIpc) is 2.72. The van der Waals surface area contributed by atoms with E-state index in [1.165, 1.54) is 0 Å². The lowest BCUT2D eigenvalue weighted by atomic mass is 9.70. The van der Waals surface area contributed by atoms with Crippen molar-refractivity contribution in [3.63, 3.8) is 0 Å². The van der Waals surface area contributed by atoms with Gasteiger partial charge in [-0.2, -0.15) is 5.26 Å². The minimum atomic E-state index is -0.648. The molecule has 32 heavy (non-hydrogen) atoms. The quantitative estimate of drug-likeness (QED) is 0.531. The molecule has 7 heteroatoms. The molecule has 0 aromatic heterocycles. The molecule has 2 aromatic rings. The van der Waals surface area contributed by atoms with Crippen molar-refractivity contribution in [2.75, 3.05) is 0 Å². The lowest BCUT2D eigenvalue weighted by molar-refractivity contribution is -0.119. The maximum atomic E-state index is 13.2. The number of ether oxygens (including phenoxy) is 2. The highest BCUT2D eigenvalue weighted by Gasteiger charge is 2.43. The second-order valence-electron chi connectivity index (χ2n) is 8.80. The normalized spacial score (nSPS) is 19.8. The lowest BCUT2D eigenvalue weighted by Gasteiger charge is -2.37. The highest BCUT2D eigenvalue weighted by Crippen LogP contribution is 2.49. The van der Waals surface area contributed by atoms with Crippen LogP contribution < -0.4 is 10.5 Å². The first kappa shape index (κ1) is 22.4. The number of benzene rings is 2. The van der Waals surface area contributed by atoms with Gasteiger partial charge in [0.05, 0.1) is 5.92 Å². The van der Waals surface area contributed by atoms with E-state index >= 15 is 0 Å². The summed E-state index contributed by atoms with van der Waals surface area (Å²) in [5.74, 6) is 0.456. The third-order valence-corrected chi connectivity index (χ3v) is 6.41. The van der Waals surface area contributed by atoms with Crippen LogP contribution in [0.5, 0.6) is 5.75 Å². The molecule has 5 nitrogen and oxygen atoms in total. The van der Waals surface area contributed by atoms with E-state index < -0.39 is 5.92 Å². The predicted molar refractivity (Wildman–Crippen MR) is 126 cm³/mol. The molecule has 0 saturated carbocycles. The number of ketones is 1. The van der Waals surface area contributed by atoms with Gasteiger partial charge in [0.2, 0.25) is 5.88 Å². The van der Waals surface area contributed by atoms with Crippen molar-refractivity contribution in [1.29, 1.82) is 5.26 Å². The predicted octanol–water partition coefficient (Wildman–Crippen LogP) is 6.13.